The van der Waals surface area contributed by atoms with E-state index < -0.39 is 6.10 Å². The molecule has 2 N–H and O–H groups in total. The summed E-state index contributed by atoms with van der Waals surface area (Å²) in [6, 6.07) is 7.51. The van der Waals surface area contributed by atoms with Crippen molar-refractivity contribution < 1.29 is 15.0 Å². The number of carbonyl (C=O) groups is 1. The molecule has 0 saturated carbocycles. The first kappa shape index (κ1) is 14.9. The molecule has 1 atom stereocenters. The summed E-state index contributed by atoms with van der Waals surface area (Å²) in [6.45, 7) is 1.10. The molecule has 1 saturated heterocycles. The fraction of sp³-hybridized carbons (Fsp3) is 0.533. The molecule has 1 aromatic heterocycles. The number of piperidine rings is 1. The van der Waals surface area contributed by atoms with Crippen LogP contribution >= 0.6 is 0 Å². The predicted molar refractivity (Wildman–Crippen MR) is 79.9 cm³/mol. The zero-order valence-electron chi connectivity index (χ0n) is 12.3. The third-order valence-electron chi connectivity index (χ3n) is 4.23. The Morgan fingerprint density at radius 2 is 1.82 bits per heavy atom. The van der Waals surface area contributed by atoms with E-state index in [4.69, 9.17) is 5.11 Å². The summed E-state index contributed by atoms with van der Waals surface area (Å²) in [5.41, 5.74) is 1.56. The predicted octanol–water partition coefficient (Wildman–Crippen LogP) is 0.0231. The molecule has 0 spiro atoms. The molecule has 3 rings (SSSR count). The number of benzene rings is 1. The highest BCUT2D eigenvalue weighted by atomic mass is 16.3. The molecule has 118 valence electrons. The van der Waals surface area contributed by atoms with Crippen molar-refractivity contribution in [2.75, 3.05) is 19.7 Å². The van der Waals surface area contributed by atoms with Crippen molar-refractivity contribution >= 4 is 16.9 Å². The van der Waals surface area contributed by atoms with Gasteiger partial charge in [0, 0.05) is 13.1 Å². The number of likely N-dealkylation sites (tertiary alicyclic amines) is 1. The lowest BCUT2D eigenvalue weighted by Crippen LogP contribution is -2.43. The van der Waals surface area contributed by atoms with E-state index in [0.717, 1.165) is 11.0 Å². The van der Waals surface area contributed by atoms with Gasteiger partial charge in [0.2, 0.25) is 5.91 Å². The first-order valence-electron chi connectivity index (χ1n) is 7.54. The highest BCUT2D eigenvalue weighted by Gasteiger charge is 2.27. The van der Waals surface area contributed by atoms with Crippen molar-refractivity contribution in [2.45, 2.75) is 25.5 Å². The molecule has 1 fully saturated rings. The number of carbonyl (C=O) groups excluding carboxylic acids is 1. The Bertz CT molecular complexity index is 616. The van der Waals surface area contributed by atoms with Gasteiger partial charge in [0.25, 0.3) is 0 Å². The first-order valence-corrected chi connectivity index (χ1v) is 7.54. The van der Waals surface area contributed by atoms with Crippen LogP contribution in [-0.2, 0) is 11.3 Å². The summed E-state index contributed by atoms with van der Waals surface area (Å²) in [7, 11) is 0. The Balaban J connectivity index is 1.58. The van der Waals surface area contributed by atoms with Crippen LogP contribution in [0.3, 0.4) is 0 Å². The molecule has 0 aliphatic carbocycles. The SMILES string of the molecule is O=C(Cn1nc2ccccc2n1)N1CCC(C(O)CO)CC1. The van der Waals surface area contributed by atoms with Gasteiger partial charge in [0.1, 0.15) is 17.6 Å². The molecule has 7 nitrogen and oxygen atoms in total. The molecule has 1 aliphatic rings. The molecule has 1 aromatic carbocycles. The van der Waals surface area contributed by atoms with Gasteiger partial charge < -0.3 is 15.1 Å². The standard InChI is InChI=1S/C15H20N4O3/c20-10-14(21)11-5-7-18(8-6-11)15(22)9-19-16-12-3-1-2-4-13(12)17-19/h1-4,11,14,20-21H,5-10H2. The normalized spacial score (nSPS) is 17.8. The van der Waals surface area contributed by atoms with E-state index in [1.165, 1.54) is 4.80 Å². The van der Waals surface area contributed by atoms with Crippen LogP contribution in [0.5, 0.6) is 0 Å². The first-order chi connectivity index (χ1) is 10.7. The zero-order valence-corrected chi connectivity index (χ0v) is 12.3. The molecule has 0 radical (unpaired) electrons. The fourth-order valence-corrected chi connectivity index (χ4v) is 2.88. The Morgan fingerprint density at radius 1 is 1.23 bits per heavy atom. The maximum Gasteiger partial charge on any atom is 0.246 e. The topological polar surface area (TPSA) is 91.5 Å². The average molecular weight is 304 g/mol. The lowest BCUT2D eigenvalue weighted by molar-refractivity contribution is -0.134. The monoisotopic (exact) mass is 304 g/mol. The third-order valence-corrected chi connectivity index (χ3v) is 4.23. The molecule has 7 heteroatoms. The Kier molecular flexibility index (Phi) is 4.35. The summed E-state index contributed by atoms with van der Waals surface area (Å²) in [5, 5.41) is 27.2. The Morgan fingerprint density at radius 3 is 2.36 bits per heavy atom. The second kappa shape index (κ2) is 6.41. The Hall–Kier alpha value is -1.99. The van der Waals surface area contributed by atoms with Gasteiger partial charge in [0.05, 0.1) is 12.7 Å². The van der Waals surface area contributed by atoms with E-state index in [0.29, 0.717) is 25.9 Å². The van der Waals surface area contributed by atoms with Crippen molar-refractivity contribution in [1.29, 1.82) is 0 Å². The number of aliphatic hydroxyl groups excluding tert-OH is 2. The van der Waals surface area contributed by atoms with Crippen LogP contribution in [0, 0.1) is 5.92 Å². The lowest BCUT2D eigenvalue weighted by atomic mass is 9.91. The highest BCUT2D eigenvalue weighted by Crippen LogP contribution is 2.20. The molecule has 1 amide bonds. The summed E-state index contributed by atoms with van der Waals surface area (Å²) in [4.78, 5) is 15.5. The quantitative estimate of drug-likeness (QED) is 0.831. The zero-order chi connectivity index (χ0) is 15.5. The fourth-order valence-electron chi connectivity index (χ4n) is 2.88. The molecule has 2 heterocycles. The van der Waals surface area contributed by atoms with Gasteiger partial charge in [-0.1, -0.05) is 12.1 Å². The molecule has 2 aromatic rings. The summed E-state index contributed by atoms with van der Waals surface area (Å²) in [6.07, 6.45) is 0.736. The molecule has 0 bridgehead atoms. The third kappa shape index (κ3) is 3.10. The number of nitrogens with zero attached hydrogens (tertiary/aromatic N) is 4. The number of hydrogen-bond donors (Lipinski definition) is 2. The van der Waals surface area contributed by atoms with Gasteiger partial charge in [-0.2, -0.15) is 15.0 Å². The largest absolute Gasteiger partial charge is 0.394 e. The van der Waals surface area contributed by atoms with Gasteiger partial charge >= 0.3 is 0 Å². The molecular weight excluding hydrogens is 284 g/mol. The second-order valence-corrected chi connectivity index (χ2v) is 5.69. The molecular formula is C15H20N4O3. The summed E-state index contributed by atoms with van der Waals surface area (Å²) in [5.74, 6) is 0.0525. The van der Waals surface area contributed by atoms with Crippen LogP contribution in [0.25, 0.3) is 11.0 Å². The van der Waals surface area contributed by atoms with E-state index >= 15 is 0 Å². The minimum absolute atomic E-state index is 0.0164. The van der Waals surface area contributed by atoms with E-state index in [1.54, 1.807) is 4.90 Å². The van der Waals surface area contributed by atoms with Crippen molar-refractivity contribution in [2.24, 2.45) is 5.92 Å². The summed E-state index contributed by atoms with van der Waals surface area (Å²) < 4.78 is 0. The number of aliphatic hydroxyl groups is 2. The van der Waals surface area contributed by atoms with E-state index in [2.05, 4.69) is 10.2 Å². The van der Waals surface area contributed by atoms with E-state index in [9.17, 15) is 9.90 Å². The van der Waals surface area contributed by atoms with Gasteiger partial charge in [-0.25, -0.2) is 0 Å². The van der Waals surface area contributed by atoms with Crippen LogP contribution in [0.15, 0.2) is 24.3 Å². The van der Waals surface area contributed by atoms with Crippen molar-refractivity contribution in [3.63, 3.8) is 0 Å². The number of fused-ring (bicyclic) bond motifs is 1. The maximum absolute atomic E-state index is 12.3. The van der Waals surface area contributed by atoms with Crippen LogP contribution in [-0.4, -0.2) is 61.8 Å². The number of hydrogen-bond acceptors (Lipinski definition) is 5. The van der Waals surface area contributed by atoms with Gasteiger partial charge in [-0.05, 0) is 30.9 Å². The number of aromatic nitrogens is 3. The average Bonchev–Trinajstić information content (AvgIpc) is 2.96. The van der Waals surface area contributed by atoms with Gasteiger partial charge in [-0.3, -0.25) is 4.79 Å². The van der Waals surface area contributed by atoms with Crippen LogP contribution in [0.2, 0.25) is 0 Å². The minimum Gasteiger partial charge on any atom is -0.394 e. The van der Waals surface area contributed by atoms with Gasteiger partial charge in [0.15, 0.2) is 0 Å². The second-order valence-electron chi connectivity index (χ2n) is 5.69. The van der Waals surface area contributed by atoms with Crippen molar-refractivity contribution in [1.82, 2.24) is 19.9 Å². The summed E-state index contributed by atoms with van der Waals surface area (Å²) >= 11 is 0. The minimum atomic E-state index is -0.685. The molecule has 22 heavy (non-hydrogen) atoms. The van der Waals surface area contributed by atoms with E-state index in [-0.39, 0.29) is 25.0 Å². The number of rotatable bonds is 4. The van der Waals surface area contributed by atoms with Crippen LogP contribution in [0.1, 0.15) is 12.8 Å². The number of amides is 1. The van der Waals surface area contributed by atoms with E-state index in [1.807, 2.05) is 24.3 Å². The highest BCUT2D eigenvalue weighted by molar-refractivity contribution is 5.77. The van der Waals surface area contributed by atoms with Crippen LogP contribution < -0.4 is 0 Å². The smallest absolute Gasteiger partial charge is 0.246 e. The Labute approximate surface area is 128 Å². The van der Waals surface area contributed by atoms with Crippen molar-refractivity contribution in [3.05, 3.63) is 24.3 Å². The molecule has 1 unspecified atom stereocenters. The maximum atomic E-state index is 12.3. The van der Waals surface area contributed by atoms with Crippen LogP contribution in [0.4, 0.5) is 0 Å². The molecule has 1 aliphatic heterocycles. The lowest BCUT2D eigenvalue weighted by Gasteiger charge is -2.33. The van der Waals surface area contributed by atoms with Crippen molar-refractivity contribution in [3.8, 4) is 0 Å². The van der Waals surface area contributed by atoms with Gasteiger partial charge in [-0.15, -0.1) is 0 Å².